The molecule has 0 aliphatic heterocycles. The highest BCUT2D eigenvalue weighted by Crippen LogP contribution is 2.45. The Labute approximate surface area is 530 Å². The fourth-order valence-electron chi connectivity index (χ4n) is 10.0. The average molecular weight is 1280 g/mol. The normalized spacial score (nSPS) is 15.3. The number of ether oxygens (including phenoxy) is 4. The lowest BCUT2D eigenvalue weighted by atomic mass is 9.99. The maximum Gasteiger partial charge on any atom is 0.472 e. The molecular formula is C68H132O17P2. The lowest BCUT2D eigenvalue weighted by molar-refractivity contribution is -0.161. The van der Waals surface area contributed by atoms with Gasteiger partial charge in [-0.05, 0) is 49.4 Å². The quantitative estimate of drug-likeness (QED) is 0.0222. The number of carbonyl (C=O) groups excluding carboxylic acids is 4. The van der Waals surface area contributed by atoms with Crippen molar-refractivity contribution in [3.8, 4) is 0 Å². The van der Waals surface area contributed by atoms with Crippen molar-refractivity contribution in [1.29, 1.82) is 0 Å². The van der Waals surface area contributed by atoms with Gasteiger partial charge in [-0.2, -0.15) is 0 Å². The van der Waals surface area contributed by atoms with Crippen LogP contribution in [0.3, 0.4) is 0 Å². The summed E-state index contributed by atoms with van der Waals surface area (Å²) in [5.41, 5.74) is 0. The van der Waals surface area contributed by atoms with Gasteiger partial charge in [0.1, 0.15) is 19.3 Å². The second kappa shape index (κ2) is 57.9. The second-order valence-electron chi connectivity index (χ2n) is 25.8. The van der Waals surface area contributed by atoms with Crippen LogP contribution in [0.2, 0.25) is 0 Å². The van der Waals surface area contributed by atoms with Crippen LogP contribution in [-0.2, 0) is 65.4 Å². The molecule has 0 aromatic rings. The van der Waals surface area contributed by atoms with Gasteiger partial charge in [-0.15, -0.1) is 0 Å². The summed E-state index contributed by atoms with van der Waals surface area (Å²) in [5, 5.41) is 10.6. The van der Waals surface area contributed by atoms with Gasteiger partial charge in [0.05, 0.1) is 26.4 Å². The molecule has 17 nitrogen and oxygen atoms in total. The SMILES string of the molecule is CCC(C)CCCCCCCCCCC(=O)OC[C@H](COP(=O)(O)OC[C@@H](O)COP(=O)(O)OC[C@@H](COC(=O)CCCCCCCCC(C)CC)OC(=O)CCCCCCCCCCCCCCC(C)C)OC(=O)CCCCCCCCC(C)CC. The molecule has 0 fully saturated rings. The van der Waals surface area contributed by atoms with Gasteiger partial charge < -0.3 is 33.8 Å². The Morgan fingerprint density at radius 1 is 0.322 bits per heavy atom. The van der Waals surface area contributed by atoms with Crippen molar-refractivity contribution in [3.05, 3.63) is 0 Å². The van der Waals surface area contributed by atoms with E-state index in [1.54, 1.807) is 0 Å². The van der Waals surface area contributed by atoms with Crippen molar-refractivity contribution in [1.82, 2.24) is 0 Å². The summed E-state index contributed by atoms with van der Waals surface area (Å²) < 4.78 is 68.2. The van der Waals surface area contributed by atoms with Crippen LogP contribution in [0.4, 0.5) is 0 Å². The molecule has 0 radical (unpaired) electrons. The lowest BCUT2D eigenvalue weighted by Gasteiger charge is -2.21. The molecule has 0 aliphatic rings. The number of esters is 4. The molecule has 0 aromatic heterocycles. The number of phosphoric acid groups is 2. The third kappa shape index (κ3) is 58.9. The number of unbranched alkanes of at least 4 members (excludes halogenated alkanes) is 28. The van der Waals surface area contributed by atoms with Gasteiger partial charge in [-0.3, -0.25) is 37.3 Å². The third-order valence-electron chi connectivity index (χ3n) is 16.7. The van der Waals surface area contributed by atoms with E-state index < -0.39 is 97.5 Å². The maximum absolute atomic E-state index is 13.0. The van der Waals surface area contributed by atoms with Crippen molar-refractivity contribution < 1.29 is 80.2 Å². The summed E-state index contributed by atoms with van der Waals surface area (Å²) in [6.45, 7) is 14.1. The smallest absolute Gasteiger partial charge is 0.462 e. The summed E-state index contributed by atoms with van der Waals surface area (Å²) in [5.74, 6) is 0.869. The van der Waals surface area contributed by atoms with E-state index in [1.165, 1.54) is 128 Å². The summed E-state index contributed by atoms with van der Waals surface area (Å²) in [6, 6.07) is 0. The fraction of sp³-hybridized carbons (Fsp3) is 0.941. The Morgan fingerprint density at radius 3 is 0.816 bits per heavy atom. The van der Waals surface area contributed by atoms with Gasteiger partial charge >= 0.3 is 39.5 Å². The molecule has 87 heavy (non-hydrogen) atoms. The molecule has 3 N–H and O–H groups in total. The third-order valence-corrected chi connectivity index (χ3v) is 18.6. The molecule has 0 aliphatic carbocycles. The van der Waals surface area contributed by atoms with Crippen LogP contribution in [0.1, 0.15) is 331 Å². The van der Waals surface area contributed by atoms with Crippen LogP contribution in [0, 0.1) is 23.7 Å². The average Bonchev–Trinajstić information content (AvgIpc) is 3.70. The van der Waals surface area contributed by atoms with Crippen molar-refractivity contribution in [3.63, 3.8) is 0 Å². The van der Waals surface area contributed by atoms with Crippen molar-refractivity contribution in [2.24, 2.45) is 23.7 Å². The minimum atomic E-state index is -4.95. The van der Waals surface area contributed by atoms with E-state index in [0.717, 1.165) is 120 Å². The molecular weight excluding hydrogens is 1150 g/mol. The first kappa shape index (κ1) is 85.1. The van der Waals surface area contributed by atoms with E-state index >= 15 is 0 Å². The van der Waals surface area contributed by atoms with Gasteiger partial charge in [-0.25, -0.2) is 9.13 Å². The highest BCUT2D eigenvalue weighted by molar-refractivity contribution is 7.47. The van der Waals surface area contributed by atoms with E-state index in [0.29, 0.717) is 25.7 Å². The molecule has 0 spiro atoms. The minimum absolute atomic E-state index is 0.102. The van der Waals surface area contributed by atoms with Gasteiger partial charge in [-0.1, -0.05) is 280 Å². The number of carbonyl (C=O) groups is 4. The number of aliphatic hydroxyl groups is 1. The highest BCUT2D eigenvalue weighted by atomic mass is 31.2. The van der Waals surface area contributed by atoms with Gasteiger partial charge in [0.25, 0.3) is 0 Å². The maximum atomic E-state index is 13.0. The highest BCUT2D eigenvalue weighted by Gasteiger charge is 2.30. The number of aliphatic hydroxyl groups excluding tert-OH is 1. The Morgan fingerprint density at radius 2 is 0.552 bits per heavy atom. The molecule has 0 heterocycles. The first-order valence-corrected chi connectivity index (χ1v) is 38.3. The molecule has 5 unspecified atom stereocenters. The molecule has 0 rings (SSSR count). The van der Waals surface area contributed by atoms with Crippen LogP contribution in [0.5, 0.6) is 0 Å². The van der Waals surface area contributed by atoms with Gasteiger partial charge in [0.15, 0.2) is 12.2 Å². The Hall–Kier alpha value is -1.94. The molecule has 0 bridgehead atoms. The van der Waals surface area contributed by atoms with Crippen molar-refractivity contribution in [2.45, 2.75) is 350 Å². The first-order valence-electron chi connectivity index (χ1n) is 35.3. The zero-order valence-corrected chi connectivity index (χ0v) is 58.4. The summed E-state index contributed by atoms with van der Waals surface area (Å²) in [7, 11) is -9.90. The summed E-state index contributed by atoms with van der Waals surface area (Å²) in [4.78, 5) is 72.4. The number of hydrogen-bond acceptors (Lipinski definition) is 15. The lowest BCUT2D eigenvalue weighted by Crippen LogP contribution is -2.30. The molecule has 0 saturated carbocycles. The Kier molecular flexibility index (Phi) is 56.6. The zero-order chi connectivity index (χ0) is 64.7. The van der Waals surface area contributed by atoms with Gasteiger partial charge in [0.2, 0.25) is 0 Å². The predicted molar refractivity (Wildman–Crippen MR) is 349 cm³/mol. The molecule has 516 valence electrons. The predicted octanol–water partition coefficient (Wildman–Crippen LogP) is 18.9. The molecule has 19 heteroatoms. The van der Waals surface area contributed by atoms with Crippen LogP contribution < -0.4 is 0 Å². The zero-order valence-electron chi connectivity index (χ0n) is 56.6. The number of hydrogen-bond donors (Lipinski definition) is 3. The van der Waals surface area contributed by atoms with E-state index in [2.05, 4.69) is 55.4 Å². The molecule has 0 aromatic carbocycles. The van der Waals surface area contributed by atoms with E-state index in [9.17, 15) is 43.2 Å². The Balaban J connectivity index is 5.26. The molecule has 8 atom stereocenters. The number of rotatable bonds is 65. The minimum Gasteiger partial charge on any atom is -0.462 e. The molecule has 0 saturated heterocycles. The largest absolute Gasteiger partial charge is 0.472 e. The van der Waals surface area contributed by atoms with Crippen LogP contribution in [0.15, 0.2) is 0 Å². The first-order chi connectivity index (χ1) is 41.7. The van der Waals surface area contributed by atoms with Gasteiger partial charge in [0, 0.05) is 25.7 Å². The van der Waals surface area contributed by atoms with Crippen LogP contribution in [-0.4, -0.2) is 96.7 Å². The standard InChI is InChI=1S/C68H132O17P2/c1-9-59(6)45-37-29-21-18-19-22-32-40-48-65(70)78-54-64(85-68(73)51-43-35-27-25-31-39-47-61(8)11-3)57-83-87(76,77)81-53-62(69)52-80-86(74,75)82-56-63(55-79-66(71)49-41-33-26-24-30-38-46-60(7)10-2)84-67(72)50-42-34-23-17-15-13-12-14-16-20-28-36-44-58(4)5/h58-64,69H,9-57H2,1-8H3,(H,74,75)(H,76,77)/t59?,60?,61?,62-,63+,64+/m0/s1. The van der Waals surface area contributed by atoms with E-state index in [4.69, 9.17) is 37.0 Å². The number of phosphoric ester groups is 2. The second-order valence-corrected chi connectivity index (χ2v) is 28.7. The van der Waals surface area contributed by atoms with Crippen molar-refractivity contribution in [2.75, 3.05) is 39.6 Å². The van der Waals surface area contributed by atoms with Crippen LogP contribution >= 0.6 is 15.6 Å². The fourth-order valence-corrected chi connectivity index (χ4v) is 11.6. The van der Waals surface area contributed by atoms with E-state index in [1.807, 2.05) is 0 Å². The topological polar surface area (TPSA) is 237 Å². The summed E-state index contributed by atoms with van der Waals surface area (Å²) >= 11 is 0. The van der Waals surface area contributed by atoms with Crippen molar-refractivity contribution >= 4 is 39.5 Å². The summed E-state index contributed by atoms with van der Waals surface area (Å²) in [6.07, 6.45) is 38.9. The Bertz CT molecular complexity index is 1740. The molecule has 0 amide bonds. The monoisotopic (exact) mass is 1280 g/mol. The van der Waals surface area contributed by atoms with E-state index in [-0.39, 0.29) is 25.7 Å². The van der Waals surface area contributed by atoms with Crippen LogP contribution in [0.25, 0.3) is 0 Å².